The van der Waals surface area contributed by atoms with Crippen molar-refractivity contribution in [1.29, 1.82) is 0 Å². The lowest BCUT2D eigenvalue weighted by atomic mass is 9.99. The van der Waals surface area contributed by atoms with Gasteiger partial charge in [0.25, 0.3) is 0 Å². The van der Waals surface area contributed by atoms with Crippen molar-refractivity contribution in [2.24, 2.45) is 5.92 Å². The lowest BCUT2D eigenvalue weighted by Gasteiger charge is -2.31. The van der Waals surface area contributed by atoms with Crippen molar-refractivity contribution in [3.8, 4) is 0 Å². The van der Waals surface area contributed by atoms with Gasteiger partial charge in [-0.2, -0.15) is 0 Å². The molecule has 1 aliphatic heterocycles. The maximum Gasteiger partial charge on any atom is 0.323 e. The molecule has 17 heavy (non-hydrogen) atoms. The number of aliphatic hydroxyl groups excluding tert-OH is 1. The third-order valence-corrected chi connectivity index (χ3v) is 2.96. The van der Waals surface area contributed by atoms with Crippen LogP contribution < -0.4 is 5.32 Å². The summed E-state index contributed by atoms with van der Waals surface area (Å²) in [5.41, 5.74) is 0. The molecule has 2 amide bonds. The van der Waals surface area contributed by atoms with Crippen molar-refractivity contribution in [3.05, 3.63) is 24.4 Å². The molecular weight excluding hydrogens is 218 g/mol. The molecule has 5 nitrogen and oxygen atoms in total. The number of piperidine rings is 1. The lowest BCUT2D eigenvalue weighted by molar-refractivity contribution is 0.136. The van der Waals surface area contributed by atoms with E-state index in [0.29, 0.717) is 12.4 Å². The largest absolute Gasteiger partial charge is 0.396 e. The summed E-state index contributed by atoms with van der Waals surface area (Å²) in [6, 6.07) is 5.25. The lowest BCUT2D eigenvalue weighted by Crippen LogP contribution is -2.43. The van der Waals surface area contributed by atoms with E-state index < -0.39 is 0 Å². The summed E-state index contributed by atoms with van der Waals surface area (Å²) in [6.07, 6.45) is 3.58. The molecule has 2 N–H and O–H groups in total. The fourth-order valence-corrected chi connectivity index (χ4v) is 2.02. The number of likely N-dealkylation sites (tertiary alicyclic amines) is 1. The van der Waals surface area contributed by atoms with Crippen LogP contribution in [0.4, 0.5) is 10.6 Å². The van der Waals surface area contributed by atoms with E-state index in [2.05, 4.69) is 10.3 Å². The number of rotatable bonds is 2. The van der Waals surface area contributed by atoms with Gasteiger partial charge in [0.05, 0.1) is 0 Å². The van der Waals surface area contributed by atoms with Crippen LogP contribution in [-0.4, -0.2) is 40.7 Å². The van der Waals surface area contributed by atoms with Crippen LogP contribution in [0.2, 0.25) is 0 Å². The maximum absolute atomic E-state index is 11.9. The molecule has 1 aromatic rings. The summed E-state index contributed by atoms with van der Waals surface area (Å²) in [5, 5.41) is 11.9. The minimum Gasteiger partial charge on any atom is -0.396 e. The fourth-order valence-electron chi connectivity index (χ4n) is 2.02. The highest BCUT2D eigenvalue weighted by molar-refractivity contribution is 5.88. The second kappa shape index (κ2) is 5.63. The van der Waals surface area contributed by atoms with Gasteiger partial charge >= 0.3 is 6.03 Å². The van der Waals surface area contributed by atoms with Crippen LogP contribution in [0.5, 0.6) is 0 Å². The van der Waals surface area contributed by atoms with Crippen LogP contribution in [0.25, 0.3) is 0 Å². The molecule has 0 radical (unpaired) electrons. The highest BCUT2D eigenvalue weighted by Gasteiger charge is 2.23. The number of aliphatic hydroxyl groups is 1. The summed E-state index contributed by atoms with van der Waals surface area (Å²) in [6.45, 7) is 1.51. The number of carbonyl (C=O) groups excluding carboxylic acids is 1. The van der Waals surface area contributed by atoms with E-state index in [4.69, 9.17) is 5.11 Å². The predicted molar refractivity (Wildman–Crippen MR) is 64.6 cm³/mol. The summed E-state index contributed by atoms with van der Waals surface area (Å²) in [7, 11) is 0. The number of amides is 2. The molecule has 0 aliphatic carbocycles. The fraction of sp³-hybridized carbons (Fsp3) is 0.500. The summed E-state index contributed by atoms with van der Waals surface area (Å²) < 4.78 is 0. The zero-order chi connectivity index (χ0) is 12.1. The first-order valence-electron chi connectivity index (χ1n) is 5.87. The van der Waals surface area contributed by atoms with Gasteiger partial charge in [-0.05, 0) is 30.9 Å². The van der Waals surface area contributed by atoms with Crippen LogP contribution in [-0.2, 0) is 0 Å². The number of carbonyl (C=O) groups is 1. The summed E-state index contributed by atoms with van der Waals surface area (Å²) >= 11 is 0. The van der Waals surface area contributed by atoms with Gasteiger partial charge < -0.3 is 10.0 Å². The molecule has 1 atom stereocenters. The first kappa shape index (κ1) is 11.9. The molecule has 0 saturated carbocycles. The molecule has 5 heteroatoms. The second-order valence-electron chi connectivity index (χ2n) is 4.28. The second-order valence-corrected chi connectivity index (χ2v) is 4.28. The Labute approximate surface area is 100 Å². The Balaban J connectivity index is 1.91. The molecule has 1 fully saturated rings. The monoisotopic (exact) mass is 235 g/mol. The van der Waals surface area contributed by atoms with Crippen molar-refractivity contribution in [3.63, 3.8) is 0 Å². The minimum atomic E-state index is -0.137. The van der Waals surface area contributed by atoms with E-state index in [0.717, 1.165) is 19.4 Å². The van der Waals surface area contributed by atoms with Crippen molar-refractivity contribution < 1.29 is 9.90 Å². The summed E-state index contributed by atoms with van der Waals surface area (Å²) in [5.74, 6) is 0.766. The van der Waals surface area contributed by atoms with Crippen molar-refractivity contribution in [2.75, 3.05) is 25.0 Å². The molecular formula is C12H17N3O2. The van der Waals surface area contributed by atoms with Crippen LogP contribution in [0.15, 0.2) is 24.4 Å². The molecule has 2 rings (SSSR count). The number of hydrogen-bond donors (Lipinski definition) is 2. The Morgan fingerprint density at radius 1 is 1.59 bits per heavy atom. The molecule has 0 bridgehead atoms. The van der Waals surface area contributed by atoms with Crippen molar-refractivity contribution in [1.82, 2.24) is 9.88 Å². The minimum absolute atomic E-state index is 0.137. The topological polar surface area (TPSA) is 65.5 Å². The number of urea groups is 1. The Bertz CT molecular complexity index is 369. The van der Waals surface area contributed by atoms with E-state index in [9.17, 15) is 4.79 Å². The molecule has 1 saturated heterocycles. The van der Waals surface area contributed by atoms with Crippen LogP contribution >= 0.6 is 0 Å². The van der Waals surface area contributed by atoms with Crippen LogP contribution in [0, 0.1) is 5.92 Å². The van der Waals surface area contributed by atoms with Gasteiger partial charge in [-0.1, -0.05) is 6.07 Å². The van der Waals surface area contributed by atoms with Crippen molar-refractivity contribution >= 4 is 11.8 Å². The Kier molecular flexibility index (Phi) is 3.93. The first-order valence-corrected chi connectivity index (χ1v) is 5.87. The smallest absolute Gasteiger partial charge is 0.323 e. The number of anilines is 1. The zero-order valence-electron chi connectivity index (χ0n) is 9.67. The quantitative estimate of drug-likeness (QED) is 0.812. The Hall–Kier alpha value is -1.62. The predicted octanol–water partition coefficient (Wildman–Crippen LogP) is 1.32. The first-order chi connectivity index (χ1) is 8.29. The van der Waals surface area contributed by atoms with Gasteiger partial charge in [-0.25, -0.2) is 9.78 Å². The third kappa shape index (κ3) is 3.17. The number of nitrogens with one attached hydrogen (secondary N) is 1. The van der Waals surface area contributed by atoms with Gasteiger partial charge in [0.1, 0.15) is 5.82 Å². The molecule has 2 heterocycles. The molecule has 1 aromatic heterocycles. The number of pyridine rings is 1. The number of aromatic nitrogens is 1. The van der Waals surface area contributed by atoms with Gasteiger partial charge in [-0.3, -0.25) is 5.32 Å². The van der Waals surface area contributed by atoms with Crippen molar-refractivity contribution in [2.45, 2.75) is 12.8 Å². The van der Waals surface area contributed by atoms with E-state index >= 15 is 0 Å². The molecule has 92 valence electrons. The average Bonchev–Trinajstić information content (AvgIpc) is 2.40. The maximum atomic E-state index is 11.9. The number of hydrogen-bond acceptors (Lipinski definition) is 3. The van der Waals surface area contributed by atoms with E-state index in [1.165, 1.54) is 0 Å². The zero-order valence-corrected chi connectivity index (χ0v) is 9.67. The van der Waals surface area contributed by atoms with Gasteiger partial charge in [0.2, 0.25) is 0 Å². The normalized spacial score (nSPS) is 20.1. The summed E-state index contributed by atoms with van der Waals surface area (Å²) in [4.78, 5) is 17.7. The van der Waals surface area contributed by atoms with Crippen LogP contribution in [0.3, 0.4) is 0 Å². The molecule has 0 spiro atoms. The average molecular weight is 235 g/mol. The number of nitrogens with zero attached hydrogens (tertiary/aromatic N) is 2. The molecule has 1 aliphatic rings. The molecule has 0 aromatic carbocycles. The third-order valence-electron chi connectivity index (χ3n) is 2.96. The Morgan fingerprint density at radius 3 is 3.18 bits per heavy atom. The van der Waals surface area contributed by atoms with Gasteiger partial charge in [-0.15, -0.1) is 0 Å². The SMILES string of the molecule is O=C(Nc1ccccn1)N1CCCC(CO)C1. The standard InChI is InChI=1S/C12H17N3O2/c16-9-10-4-3-7-15(8-10)12(17)14-11-5-1-2-6-13-11/h1-2,5-6,10,16H,3-4,7-9H2,(H,13,14,17). The van der Waals surface area contributed by atoms with E-state index in [1.807, 2.05) is 6.07 Å². The van der Waals surface area contributed by atoms with Gasteiger partial charge in [0.15, 0.2) is 0 Å². The Morgan fingerprint density at radius 2 is 2.47 bits per heavy atom. The highest BCUT2D eigenvalue weighted by Crippen LogP contribution is 2.16. The van der Waals surface area contributed by atoms with Gasteiger partial charge in [0, 0.05) is 25.9 Å². The van der Waals surface area contributed by atoms with Crippen LogP contribution in [0.1, 0.15) is 12.8 Å². The highest BCUT2D eigenvalue weighted by atomic mass is 16.3. The van der Waals surface area contributed by atoms with E-state index in [1.54, 1.807) is 23.2 Å². The van der Waals surface area contributed by atoms with E-state index in [-0.39, 0.29) is 18.6 Å². The molecule has 1 unspecified atom stereocenters.